The predicted octanol–water partition coefficient (Wildman–Crippen LogP) is 4.39. The van der Waals surface area contributed by atoms with Crippen LogP contribution in [0.15, 0.2) is 34.8 Å². The van der Waals surface area contributed by atoms with E-state index in [4.69, 9.17) is 11.6 Å². The van der Waals surface area contributed by atoms with Crippen molar-refractivity contribution >= 4 is 38.3 Å². The second-order valence-electron chi connectivity index (χ2n) is 2.71. The van der Waals surface area contributed by atoms with E-state index < -0.39 is 0 Å². The maximum absolute atomic E-state index is 13.5. The molecule has 0 aliphatic carbocycles. The van der Waals surface area contributed by atoms with Crippen LogP contribution in [0.1, 0.15) is 0 Å². The topological polar surface area (TPSA) is 0 Å². The maximum Gasteiger partial charge on any atom is 0.146 e. The van der Waals surface area contributed by atoms with Crippen LogP contribution in [0.5, 0.6) is 0 Å². The van der Waals surface area contributed by atoms with Crippen LogP contribution < -0.4 is 0 Å². The highest BCUT2D eigenvalue weighted by molar-refractivity contribution is 9.10. The van der Waals surface area contributed by atoms with Crippen molar-refractivity contribution in [1.82, 2.24) is 0 Å². The lowest BCUT2D eigenvalue weighted by atomic mass is 10.1. The standard InChI is InChI=1S/C10H5BrClF/c11-9-8(12)5-6-3-1-2-4-7(6)10(9)13/h1-5H. The first kappa shape index (κ1) is 8.97. The molecule has 13 heavy (non-hydrogen) atoms. The highest BCUT2D eigenvalue weighted by Gasteiger charge is 2.08. The molecule has 0 heterocycles. The van der Waals surface area contributed by atoms with E-state index in [1.54, 1.807) is 18.2 Å². The fraction of sp³-hybridized carbons (Fsp3) is 0. The molecule has 2 rings (SSSR count). The Kier molecular flexibility index (Phi) is 2.26. The third kappa shape index (κ3) is 1.45. The number of halogens is 3. The van der Waals surface area contributed by atoms with Gasteiger partial charge in [0.15, 0.2) is 0 Å². The number of hydrogen-bond donors (Lipinski definition) is 0. The molecule has 2 aromatic carbocycles. The minimum absolute atomic E-state index is 0.303. The van der Waals surface area contributed by atoms with E-state index in [-0.39, 0.29) is 5.82 Å². The zero-order valence-electron chi connectivity index (χ0n) is 6.52. The third-order valence-electron chi connectivity index (χ3n) is 1.88. The van der Waals surface area contributed by atoms with Crippen molar-refractivity contribution in [2.75, 3.05) is 0 Å². The summed E-state index contributed by atoms with van der Waals surface area (Å²) >= 11 is 8.90. The van der Waals surface area contributed by atoms with Crippen molar-refractivity contribution in [3.8, 4) is 0 Å². The maximum atomic E-state index is 13.5. The molecule has 3 heteroatoms. The fourth-order valence-electron chi connectivity index (χ4n) is 1.25. The lowest BCUT2D eigenvalue weighted by Gasteiger charge is -2.02. The van der Waals surface area contributed by atoms with Gasteiger partial charge in [-0.15, -0.1) is 0 Å². The van der Waals surface area contributed by atoms with E-state index in [0.29, 0.717) is 14.9 Å². The van der Waals surface area contributed by atoms with Gasteiger partial charge in [-0.1, -0.05) is 35.9 Å². The lowest BCUT2D eigenvalue weighted by Crippen LogP contribution is -1.82. The largest absolute Gasteiger partial charge is 0.205 e. The van der Waals surface area contributed by atoms with Crippen LogP contribution in [0.25, 0.3) is 10.8 Å². The molecule has 0 radical (unpaired) electrons. The second kappa shape index (κ2) is 3.28. The molecular formula is C10H5BrClF. The zero-order chi connectivity index (χ0) is 9.42. The monoisotopic (exact) mass is 258 g/mol. The van der Waals surface area contributed by atoms with E-state index in [1.807, 2.05) is 12.1 Å². The van der Waals surface area contributed by atoms with Gasteiger partial charge in [0.25, 0.3) is 0 Å². The first-order valence-corrected chi connectivity index (χ1v) is 4.89. The molecule has 2 aromatic rings. The average Bonchev–Trinajstić information content (AvgIpc) is 2.15. The normalized spacial score (nSPS) is 10.7. The van der Waals surface area contributed by atoms with Gasteiger partial charge in [0, 0.05) is 5.39 Å². The summed E-state index contributed by atoms with van der Waals surface area (Å²) in [7, 11) is 0. The van der Waals surface area contributed by atoms with Gasteiger partial charge in [0.2, 0.25) is 0 Å². The van der Waals surface area contributed by atoms with Gasteiger partial charge in [0.05, 0.1) is 9.50 Å². The molecule has 0 nitrogen and oxygen atoms in total. The number of rotatable bonds is 0. The van der Waals surface area contributed by atoms with Gasteiger partial charge in [0.1, 0.15) is 5.82 Å². The number of hydrogen-bond acceptors (Lipinski definition) is 0. The van der Waals surface area contributed by atoms with Gasteiger partial charge in [-0.05, 0) is 27.4 Å². The van der Waals surface area contributed by atoms with Crippen molar-refractivity contribution in [3.05, 3.63) is 45.6 Å². The Morgan fingerprint density at radius 1 is 1.23 bits per heavy atom. The van der Waals surface area contributed by atoms with Crippen molar-refractivity contribution < 1.29 is 4.39 Å². The quantitative estimate of drug-likeness (QED) is 0.615. The highest BCUT2D eigenvalue weighted by Crippen LogP contribution is 2.31. The summed E-state index contributed by atoms with van der Waals surface area (Å²) < 4.78 is 13.9. The van der Waals surface area contributed by atoms with Crippen LogP contribution in [0.4, 0.5) is 4.39 Å². The number of fused-ring (bicyclic) bond motifs is 1. The van der Waals surface area contributed by atoms with E-state index in [0.717, 1.165) is 5.39 Å². The van der Waals surface area contributed by atoms with Crippen LogP contribution in [0, 0.1) is 5.82 Å². The molecule has 0 atom stereocenters. The molecule has 0 fully saturated rings. The Morgan fingerprint density at radius 2 is 1.92 bits per heavy atom. The van der Waals surface area contributed by atoms with Crippen molar-refractivity contribution in [2.24, 2.45) is 0 Å². The fourth-order valence-corrected chi connectivity index (χ4v) is 1.77. The molecule has 0 saturated heterocycles. The van der Waals surface area contributed by atoms with Crippen LogP contribution in [0.2, 0.25) is 5.02 Å². The van der Waals surface area contributed by atoms with Crippen LogP contribution in [0.3, 0.4) is 0 Å². The van der Waals surface area contributed by atoms with E-state index in [9.17, 15) is 4.39 Å². The number of benzene rings is 2. The summed E-state index contributed by atoms with van der Waals surface area (Å²) in [5.41, 5.74) is 0. The third-order valence-corrected chi connectivity index (χ3v) is 3.18. The van der Waals surface area contributed by atoms with Gasteiger partial charge in [-0.3, -0.25) is 0 Å². The van der Waals surface area contributed by atoms with E-state index in [2.05, 4.69) is 15.9 Å². The minimum Gasteiger partial charge on any atom is -0.205 e. The Balaban J connectivity index is 2.94. The van der Waals surface area contributed by atoms with E-state index in [1.165, 1.54) is 0 Å². The molecule has 0 N–H and O–H groups in total. The molecule has 0 aromatic heterocycles. The molecule has 66 valence electrons. The zero-order valence-corrected chi connectivity index (χ0v) is 8.86. The average molecular weight is 260 g/mol. The predicted molar refractivity (Wildman–Crippen MR) is 56.6 cm³/mol. The molecule has 0 saturated carbocycles. The van der Waals surface area contributed by atoms with Crippen LogP contribution in [-0.4, -0.2) is 0 Å². The van der Waals surface area contributed by atoms with E-state index >= 15 is 0 Å². The highest BCUT2D eigenvalue weighted by atomic mass is 79.9. The van der Waals surface area contributed by atoms with Crippen molar-refractivity contribution in [1.29, 1.82) is 0 Å². The van der Waals surface area contributed by atoms with Gasteiger partial charge < -0.3 is 0 Å². The molecule has 0 amide bonds. The molecule has 0 aliphatic rings. The SMILES string of the molecule is Fc1c(Br)c(Cl)cc2ccccc12. The molecule has 0 bridgehead atoms. The Hall–Kier alpha value is -0.600. The Labute approximate surface area is 88.4 Å². The summed E-state index contributed by atoms with van der Waals surface area (Å²) in [4.78, 5) is 0. The minimum atomic E-state index is -0.303. The van der Waals surface area contributed by atoms with Crippen LogP contribution >= 0.6 is 27.5 Å². The summed E-state index contributed by atoms with van der Waals surface area (Å²) in [5.74, 6) is -0.303. The summed E-state index contributed by atoms with van der Waals surface area (Å²) in [6.07, 6.45) is 0. The summed E-state index contributed by atoms with van der Waals surface area (Å²) in [6, 6.07) is 8.95. The first-order chi connectivity index (χ1) is 6.20. The van der Waals surface area contributed by atoms with Crippen molar-refractivity contribution in [2.45, 2.75) is 0 Å². The van der Waals surface area contributed by atoms with Gasteiger partial charge >= 0.3 is 0 Å². The first-order valence-electron chi connectivity index (χ1n) is 3.72. The van der Waals surface area contributed by atoms with Gasteiger partial charge in [-0.2, -0.15) is 0 Å². The summed E-state index contributed by atoms with van der Waals surface area (Å²) in [6.45, 7) is 0. The molecular weight excluding hydrogens is 254 g/mol. The van der Waals surface area contributed by atoms with Crippen molar-refractivity contribution in [3.63, 3.8) is 0 Å². The second-order valence-corrected chi connectivity index (χ2v) is 3.91. The molecule has 0 unspecified atom stereocenters. The Morgan fingerprint density at radius 3 is 2.69 bits per heavy atom. The smallest absolute Gasteiger partial charge is 0.146 e. The van der Waals surface area contributed by atoms with Crippen LogP contribution in [-0.2, 0) is 0 Å². The lowest BCUT2D eigenvalue weighted by molar-refractivity contribution is 0.633. The Bertz CT molecular complexity index is 468. The molecule has 0 spiro atoms. The molecule has 0 aliphatic heterocycles. The van der Waals surface area contributed by atoms with Gasteiger partial charge in [-0.25, -0.2) is 4.39 Å². The summed E-state index contributed by atoms with van der Waals surface area (Å²) in [5, 5.41) is 1.79.